The molecule has 24 heavy (non-hydrogen) atoms. The molecule has 1 saturated heterocycles. The predicted molar refractivity (Wildman–Crippen MR) is 79.6 cm³/mol. The van der Waals surface area contributed by atoms with Gasteiger partial charge in [-0.25, -0.2) is 9.78 Å². The molecule has 0 spiro atoms. The molecule has 0 radical (unpaired) electrons. The average molecular weight is 347 g/mol. The summed E-state index contributed by atoms with van der Waals surface area (Å²) in [5.41, 5.74) is 0.602. The lowest BCUT2D eigenvalue weighted by molar-refractivity contribution is -0.154. The second-order valence-corrected chi connectivity index (χ2v) is 5.73. The number of hydrogen-bond donors (Lipinski definition) is 1. The number of alkyl halides is 3. The molecule has 6 nitrogen and oxygen atoms in total. The third-order valence-electron chi connectivity index (χ3n) is 3.33. The van der Waals surface area contributed by atoms with Crippen LogP contribution in [0.3, 0.4) is 0 Å². The number of halogens is 3. The second kappa shape index (κ2) is 7.69. The number of nitrogens with one attached hydrogen (secondary N) is 1. The number of ether oxygens (including phenoxy) is 2. The fourth-order valence-electron chi connectivity index (χ4n) is 2.43. The summed E-state index contributed by atoms with van der Waals surface area (Å²) in [5, 5.41) is 2.74. The van der Waals surface area contributed by atoms with Gasteiger partial charge in [-0.2, -0.15) is 13.2 Å². The van der Waals surface area contributed by atoms with E-state index >= 15 is 0 Å². The highest BCUT2D eigenvalue weighted by atomic mass is 19.4. The third kappa shape index (κ3) is 5.88. The van der Waals surface area contributed by atoms with E-state index in [1.54, 1.807) is 11.0 Å². The Balaban J connectivity index is 1.86. The Morgan fingerprint density at radius 1 is 1.42 bits per heavy atom. The number of carbonyl (C=O) groups excluding carboxylic acids is 1. The number of urea groups is 1. The maximum atomic E-state index is 12.2. The SMILES string of the molecule is C[C@@H]1CN(C(=O)NCc2ccnc(OCC(F)(F)F)c2)C[C@@H](C)O1. The summed E-state index contributed by atoms with van der Waals surface area (Å²) in [6.07, 6.45) is -3.16. The molecule has 2 heterocycles. The van der Waals surface area contributed by atoms with Crippen molar-refractivity contribution in [1.29, 1.82) is 0 Å². The Morgan fingerprint density at radius 2 is 2.08 bits per heavy atom. The number of nitrogens with zero attached hydrogens (tertiary/aromatic N) is 2. The normalized spacial score (nSPS) is 21.5. The lowest BCUT2D eigenvalue weighted by atomic mass is 10.2. The van der Waals surface area contributed by atoms with Gasteiger partial charge in [-0.15, -0.1) is 0 Å². The van der Waals surface area contributed by atoms with Gasteiger partial charge in [0.05, 0.1) is 12.2 Å². The highest BCUT2D eigenvalue weighted by molar-refractivity contribution is 5.74. The maximum absolute atomic E-state index is 12.2. The molecule has 0 aliphatic carbocycles. The topological polar surface area (TPSA) is 63.7 Å². The van der Waals surface area contributed by atoms with Crippen molar-refractivity contribution in [2.45, 2.75) is 38.8 Å². The quantitative estimate of drug-likeness (QED) is 0.908. The van der Waals surface area contributed by atoms with Gasteiger partial charge in [-0.05, 0) is 25.5 Å². The first-order chi connectivity index (χ1) is 11.2. The second-order valence-electron chi connectivity index (χ2n) is 5.73. The van der Waals surface area contributed by atoms with Crippen molar-refractivity contribution in [1.82, 2.24) is 15.2 Å². The molecule has 2 atom stereocenters. The maximum Gasteiger partial charge on any atom is 0.422 e. The Labute approximate surface area is 137 Å². The smallest absolute Gasteiger partial charge is 0.422 e. The van der Waals surface area contributed by atoms with Crippen LogP contribution < -0.4 is 10.1 Å². The van der Waals surface area contributed by atoms with Gasteiger partial charge < -0.3 is 19.7 Å². The summed E-state index contributed by atoms with van der Waals surface area (Å²) in [4.78, 5) is 17.5. The van der Waals surface area contributed by atoms with Gasteiger partial charge in [-0.3, -0.25) is 0 Å². The minimum absolute atomic E-state index is 0.0391. The zero-order chi connectivity index (χ0) is 17.7. The zero-order valence-corrected chi connectivity index (χ0v) is 13.5. The first-order valence-corrected chi connectivity index (χ1v) is 7.55. The van der Waals surface area contributed by atoms with Crippen molar-refractivity contribution < 1.29 is 27.4 Å². The number of carbonyl (C=O) groups is 1. The van der Waals surface area contributed by atoms with Crippen LogP contribution in [0.2, 0.25) is 0 Å². The van der Waals surface area contributed by atoms with E-state index in [4.69, 9.17) is 4.74 Å². The van der Waals surface area contributed by atoms with Crippen LogP contribution in [0.15, 0.2) is 18.3 Å². The minimum atomic E-state index is -4.42. The minimum Gasteiger partial charge on any atom is -0.468 e. The summed E-state index contributed by atoms with van der Waals surface area (Å²) in [6.45, 7) is 3.54. The van der Waals surface area contributed by atoms with Crippen LogP contribution in [0.5, 0.6) is 5.88 Å². The first-order valence-electron chi connectivity index (χ1n) is 7.55. The van der Waals surface area contributed by atoms with Gasteiger partial charge >= 0.3 is 12.2 Å². The van der Waals surface area contributed by atoms with Gasteiger partial charge in [0.1, 0.15) is 0 Å². The third-order valence-corrected chi connectivity index (χ3v) is 3.33. The van der Waals surface area contributed by atoms with Gasteiger partial charge in [0.2, 0.25) is 5.88 Å². The molecule has 0 bridgehead atoms. The molecule has 1 aromatic rings. The monoisotopic (exact) mass is 347 g/mol. The van der Waals surface area contributed by atoms with Crippen molar-refractivity contribution in [2.24, 2.45) is 0 Å². The fraction of sp³-hybridized carbons (Fsp3) is 0.600. The molecule has 134 valence electrons. The van der Waals surface area contributed by atoms with Gasteiger partial charge in [0.25, 0.3) is 0 Å². The molecular weight excluding hydrogens is 327 g/mol. The Kier molecular flexibility index (Phi) is 5.87. The summed E-state index contributed by atoms with van der Waals surface area (Å²) >= 11 is 0. The highest BCUT2D eigenvalue weighted by Crippen LogP contribution is 2.17. The number of morpholine rings is 1. The van der Waals surface area contributed by atoms with Gasteiger partial charge in [0, 0.05) is 31.9 Å². The van der Waals surface area contributed by atoms with Crippen molar-refractivity contribution in [2.75, 3.05) is 19.7 Å². The molecule has 2 rings (SSSR count). The van der Waals surface area contributed by atoms with Crippen LogP contribution in [-0.2, 0) is 11.3 Å². The van der Waals surface area contributed by atoms with Crippen LogP contribution in [0.1, 0.15) is 19.4 Å². The van der Waals surface area contributed by atoms with E-state index in [-0.39, 0.29) is 30.7 Å². The summed E-state index contributed by atoms with van der Waals surface area (Å²) < 4.78 is 46.6. The lowest BCUT2D eigenvalue weighted by Gasteiger charge is -2.35. The molecule has 0 saturated carbocycles. The van der Waals surface area contributed by atoms with E-state index in [1.165, 1.54) is 12.3 Å². The van der Waals surface area contributed by atoms with Crippen molar-refractivity contribution in [3.63, 3.8) is 0 Å². The fourth-order valence-corrected chi connectivity index (χ4v) is 2.43. The Morgan fingerprint density at radius 3 is 2.71 bits per heavy atom. The molecule has 1 fully saturated rings. The van der Waals surface area contributed by atoms with Crippen LogP contribution in [0, 0.1) is 0 Å². The van der Waals surface area contributed by atoms with Crippen LogP contribution >= 0.6 is 0 Å². The number of aromatic nitrogens is 1. The molecule has 0 unspecified atom stereocenters. The van der Waals surface area contributed by atoms with Crippen molar-refractivity contribution in [3.8, 4) is 5.88 Å². The first kappa shape index (κ1) is 18.3. The number of rotatable bonds is 4. The molecule has 1 aliphatic heterocycles. The average Bonchev–Trinajstić information content (AvgIpc) is 2.49. The van der Waals surface area contributed by atoms with E-state index in [2.05, 4.69) is 15.0 Å². The number of hydrogen-bond acceptors (Lipinski definition) is 4. The van der Waals surface area contributed by atoms with Crippen molar-refractivity contribution in [3.05, 3.63) is 23.9 Å². The summed E-state index contributed by atoms with van der Waals surface area (Å²) in [7, 11) is 0. The molecule has 0 aromatic carbocycles. The molecular formula is C15H20F3N3O3. The van der Waals surface area contributed by atoms with Crippen molar-refractivity contribution >= 4 is 6.03 Å². The largest absolute Gasteiger partial charge is 0.468 e. The lowest BCUT2D eigenvalue weighted by Crippen LogP contribution is -2.51. The molecule has 1 aromatic heterocycles. The van der Waals surface area contributed by atoms with E-state index in [1.807, 2.05) is 13.8 Å². The number of pyridine rings is 1. The van der Waals surface area contributed by atoms with E-state index in [0.29, 0.717) is 18.7 Å². The van der Waals surface area contributed by atoms with Crippen LogP contribution in [0.4, 0.5) is 18.0 Å². The summed E-state index contributed by atoms with van der Waals surface area (Å²) in [5.74, 6) is -0.132. The summed E-state index contributed by atoms with van der Waals surface area (Å²) in [6, 6.07) is 2.73. The molecule has 1 N–H and O–H groups in total. The van der Waals surface area contributed by atoms with E-state index in [0.717, 1.165) is 0 Å². The zero-order valence-electron chi connectivity index (χ0n) is 13.5. The van der Waals surface area contributed by atoms with Crippen LogP contribution in [-0.4, -0.2) is 54.0 Å². The predicted octanol–water partition coefficient (Wildman–Crippen LogP) is 2.34. The Hall–Kier alpha value is -2.03. The van der Waals surface area contributed by atoms with Gasteiger partial charge in [-0.1, -0.05) is 0 Å². The van der Waals surface area contributed by atoms with E-state index in [9.17, 15) is 18.0 Å². The number of amides is 2. The van der Waals surface area contributed by atoms with Crippen LogP contribution in [0.25, 0.3) is 0 Å². The molecule has 2 amide bonds. The van der Waals surface area contributed by atoms with E-state index < -0.39 is 12.8 Å². The molecule has 1 aliphatic rings. The Bertz CT molecular complexity index is 558. The highest BCUT2D eigenvalue weighted by Gasteiger charge is 2.29. The van der Waals surface area contributed by atoms with Gasteiger partial charge in [0.15, 0.2) is 6.61 Å². The molecule has 9 heteroatoms. The standard InChI is InChI=1S/C15H20F3N3O3/c1-10-7-21(8-11(2)24-10)14(22)20-6-12-3-4-19-13(5-12)23-9-15(16,17)18/h3-5,10-11H,6-9H2,1-2H3,(H,20,22)/t10-,11-/m1/s1.